The van der Waals surface area contributed by atoms with Gasteiger partial charge in [0.2, 0.25) is 0 Å². The lowest BCUT2D eigenvalue weighted by Crippen LogP contribution is -2.22. The van der Waals surface area contributed by atoms with Gasteiger partial charge in [-0.15, -0.1) is 0 Å². The molecule has 0 saturated heterocycles. The van der Waals surface area contributed by atoms with Gasteiger partial charge in [-0.2, -0.15) is 0 Å². The van der Waals surface area contributed by atoms with Crippen LogP contribution in [0.3, 0.4) is 0 Å². The van der Waals surface area contributed by atoms with Crippen LogP contribution in [0.2, 0.25) is 0 Å². The summed E-state index contributed by atoms with van der Waals surface area (Å²) in [7, 11) is 0. The number of hydrogen-bond donors (Lipinski definition) is 1. The molecular weight excluding hydrogens is 246 g/mol. The van der Waals surface area contributed by atoms with Gasteiger partial charge < -0.3 is 14.2 Å². The first kappa shape index (κ1) is 11.7. The fourth-order valence-electron chi connectivity index (χ4n) is 2.08. The molecule has 2 aromatic rings. The van der Waals surface area contributed by atoms with Crippen LogP contribution in [0.25, 0.3) is 0 Å². The normalized spacial score (nSPS) is 14.5. The van der Waals surface area contributed by atoms with Crippen LogP contribution in [0.4, 0.5) is 0 Å². The standard InChI is InChI=1S/C13H13N3O3/c17-12-5-9(13(18)19)3-4-15(12)7-11-6-14-8-16(11)10-1-2-10/h3-6,8,10H,1-2,7H2,(H,18,19). The number of carboxylic acids is 1. The zero-order chi connectivity index (χ0) is 13.4. The lowest BCUT2D eigenvalue weighted by molar-refractivity contribution is 0.0696. The van der Waals surface area contributed by atoms with E-state index in [0.717, 1.165) is 24.6 Å². The summed E-state index contributed by atoms with van der Waals surface area (Å²) in [5, 5.41) is 8.82. The van der Waals surface area contributed by atoms with Gasteiger partial charge in [-0.3, -0.25) is 4.79 Å². The molecule has 1 saturated carbocycles. The monoisotopic (exact) mass is 259 g/mol. The molecule has 0 atom stereocenters. The predicted molar refractivity (Wildman–Crippen MR) is 67.3 cm³/mol. The summed E-state index contributed by atoms with van der Waals surface area (Å²) < 4.78 is 3.57. The minimum atomic E-state index is -1.09. The third-order valence-corrected chi connectivity index (χ3v) is 3.26. The molecule has 6 nitrogen and oxygen atoms in total. The Morgan fingerprint density at radius 1 is 1.47 bits per heavy atom. The molecule has 2 heterocycles. The zero-order valence-electron chi connectivity index (χ0n) is 10.2. The van der Waals surface area contributed by atoms with E-state index < -0.39 is 5.97 Å². The number of aromatic carboxylic acids is 1. The summed E-state index contributed by atoms with van der Waals surface area (Å²) in [6.07, 6.45) is 7.34. The maximum atomic E-state index is 11.8. The highest BCUT2D eigenvalue weighted by Gasteiger charge is 2.25. The van der Waals surface area contributed by atoms with Crippen molar-refractivity contribution in [3.05, 3.63) is 52.5 Å². The molecule has 1 fully saturated rings. The molecule has 0 radical (unpaired) electrons. The van der Waals surface area contributed by atoms with Gasteiger partial charge in [0.25, 0.3) is 5.56 Å². The smallest absolute Gasteiger partial charge is 0.335 e. The van der Waals surface area contributed by atoms with E-state index in [4.69, 9.17) is 5.11 Å². The summed E-state index contributed by atoms with van der Waals surface area (Å²) in [4.78, 5) is 26.7. The molecule has 1 aliphatic carbocycles. The maximum absolute atomic E-state index is 11.8. The van der Waals surface area contributed by atoms with Crippen LogP contribution in [-0.4, -0.2) is 25.2 Å². The number of nitrogens with zero attached hydrogens (tertiary/aromatic N) is 3. The van der Waals surface area contributed by atoms with Crippen molar-refractivity contribution in [2.75, 3.05) is 0 Å². The van der Waals surface area contributed by atoms with Gasteiger partial charge >= 0.3 is 5.97 Å². The third-order valence-electron chi connectivity index (χ3n) is 3.26. The number of carboxylic acid groups (broad SMARTS) is 1. The third kappa shape index (κ3) is 2.29. The van der Waals surface area contributed by atoms with Crippen molar-refractivity contribution in [3.63, 3.8) is 0 Å². The molecule has 0 aromatic carbocycles. The lowest BCUT2D eigenvalue weighted by atomic mass is 10.2. The molecule has 6 heteroatoms. The summed E-state index contributed by atoms with van der Waals surface area (Å²) in [6, 6.07) is 3.08. The topological polar surface area (TPSA) is 77.1 Å². The molecule has 0 bridgehead atoms. The average Bonchev–Trinajstić information content (AvgIpc) is 3.12. The van der Waals surface area contributed by atoms with E-state index in [-0.39, 0.29) is 11.1 Å². The van der Waals surface area contributed by atoms with E-state index in [0.29, 0.717) is 12.6 Å². The van der Waals surface area contributed by atoms with Crippen molar-refractivity contribution in [1.82, 2.24) is 14.1 Å². The Morgan fingerprint density at radius 3 is 2.89 bits per heavy atom. The van der Waals surface area contributed by atoms with Crippen molar-refractivity contribution in [3.8, 4) is 0 Å². The highest BCUT2D eigenvalue weighted by molar-refractivity contribution is 5.87. The Morgan fingerprint density at radius 2 is 2.26 bits per heavy atom. The highest BCUT2D eigenvalue weighted by Crippen LogP contribution is 2.35. The summed E-state index contributed by atoms with van der Waals surface area (Å²) in [5.74, 6) is -1.09. The van der Waals surface area contributed by atoms with E-state index in [2.05, 4.69) is 9.55 Å². The van der Waals surface area contributed by atoms with Crippen LogP contribution < -0.4 is 5.56 Å². The maximum Gasteiger partial charge on any atom is 0.335 e. The number of aromatic nitrogens is 3. The van der Waals surface area contributed by atoms with Crippen LogP contribution in [-0.2, 0) is 6.54 Å². The Hall–Kier alpha value is -2.37. The van der Waals surface area contributed by atoms with Crippen molar-refractivity contribution in [2.24, 2.45) is 0 Å². The van der Waals surface area contributed by atoms with Gasteiger partial charge in [-0.25, -0.2) is 9.78 Å². The van der Waals surface area contributed by atoms with E-state index in [1.165, 1.54) is 16.8 Å². The Bertz CT molecular complexity index is 682. The number of imidazole rings is 1. The number of carbonyl (C=O) groups is 1. The van der Waals surface area contributed by atoms with Crippen molar-refractivity contribution in [1.29, 1.82) is 0 Å². The quantitative estimate of drug-likeness (QED) is 0.892. The average molecular weight is 259 g/mol. The second-order valence-electron chi connectivity index (χ2n) is 4.71. The lowest BCUT2D eigenvalue weighted by Gasteiger charge is -2.08. The molecule has 2 aromatic heterocycles. The fraction of sp³-hybridized carbons (Fsp3) is 0.308. The Kier molecular flexibility index (Phi) is 2.70. The fourth-order valence-corrected chi connectivity index (χ4v) is 2.08. The van der Waals surface area contributed by atoms with Crippen molar-refractivity contribution >= 4 is 5.97 Å². The van der Waals surface area contributed by atoms with Crippen molar-refractivity contribution in [2.45, 2.75) is 25.4 Å². The number of pyridine rings is 1. The molecule has 0 unspecified atom stereocenters. The molecule has 98 valence electrons. The summed E-state index contributed by atoms with van der Waals surface area (Å²) >= 11 is 0. The summed E-state index contributed by atoms with van der Waals surface area (Å²) in [5.41, 5.74) is 0.660. The molecule has 3 rings (SSSR count). The second-order valence-corrected chi connectivity index (χ2v) is 4.71. The van der Waals surface area contributed by atoms with E-state index in [1.54, 1.807) is 12.5 Å². The van der Waals surface area contributed by atoms with Gasteiger partial charge in [0, 0.05) is 24.5 Å². The highest BCUT2D eigenvalue weighted by atomic mass is 16.4. The molecular formula is C13H13N3O3. The molecule has 0 aliphatic heterocycles. The van der Waals surface area contributed by atoms with Crippen LogP contribution in [0.15, 0.2) is 35.6 Å². The van der Waals surface area contributed by atoms with Crippen molar-refractivity contribution < 1.29 is 9.90 Å². The first-order chi connectivity index (χ1) is 9.15. The van der Waals surface area contributed by atoms with E-state index >= 15 is 0 Å². The molecule has 19 heavy (non-hydrogen) atoms. The van der Waals surface area contributed by atoms with Gasteiger partial charge in [-0.05, 0) is 18.9 Å². The Balaban J connectivity index is 1.89. The molecule has 1 N–H and O–H groups in total. The van der Waals surface area contributed by atoms with Gasteiger partial charge in [0.15, 0.2) is 0 Å². The number of rotatable bonds is 4. The van der Waals surface area contributed by atoms with Gasteiger partial charge in [-0.1, -0.05) is 0 Å². The minimum absolute atomic E-state index is 0.0111. The largest absolute Gasteiger partial charge is 0.478 e. The SMILES string of the molecule is O=C(O)c1ccn(Cc2cncn2C2CC2)c(=O)c1. The van der Waals surface area contributed by atoms with Crippen LogP contribution >= 0.6 is 0 Å². The second kappa shape index (κ2) is 4.38. The van der Waals surface area contributed by atoms with E-state index in [1.807, 2.05) is 0 Å². The predicted octanol–water partition coefficient (Wildman–Crippen LogP) is 1.13. The van der Waals surface area contributed by atoms with Gasteiger partial charge in [0.05, 0.1) is 24.1 Å². The van der Waals surface area contributed by atoms with Crippen LogP contribution in [0.5, 0.6) is 0 Å². The zero-order valence-corrected chi connectivity index (χ0v) is 10.2. The molecule has 0 spiro atoms. The minimum Gasteiger partial charge on any atom is -0.478 e. The van der Waals surface area contributed by atoms with Crippen LogP contribution in [0.1, 0.15) is 34.9 Å². The number of hydrogen-bond acceptors (Lipinski definition) is 3. The molecule has 0 amide bonds. The first-order valence-electron chi connectivity index (χ1n) is 6.09. The Labute approximate surface area is 108 Å². The summed E-state index contributed by atoms with van der Waals surface area (Å²) in [6.45, 7) is 0.412. The molecule has 1 aliphatic rings. The van der Waals surface area contributed by atoms with Crippen LogP contribution in [0, 0.1) is 0 Å². The van der Waals surface area contributed by atoms with E-state index in [9.17, 15) is 9.59 Å². The van der Waals surface area contributed by atoms with Gasteiger partial charge in [0.1, 0.15) is 0 Å². The first-order valence-corrected chi connectivity index (χ1v) is 6.09.